The van der Waals surface area contributed by atoms with Crippen LogP contribution in [0.15, 0.2) is 36.4 Å². The Kier molecular flexibility index (Phi) is 4.27. The van der Waals surface area contributed by atoms with E-state index in [4.69, 9.17) is 16.3 Å². The van der Waals surface area contributed by atoms with E-state index in [0.717, 1.165) is 5.69 Å². The summed E-state index contributed by atoms with van der Waals surface area (Å²) in [5, 5.41) is 15.7. The summed E-state index contributed by atoms with van der Waals surface area (Å²) < 4.78 is 5.63. The molecule has 0 bridgehead atoms. The van der Waals surface area contributed by atoms with E-state index in [-0.39, 0.29) is 18.6 Å². The molecule has 0 aromatic heterocycles. The lowest BCUT2D eigenvalue weighted by molar-refractivity contribution is 0.102. The molecule has 0 spiro atoms. The van der Waals surface area contributed by atoms with Crippen molar-refractivity contribution in [1.82, 2.24) is 0 Å². The lowest BCUT2D eigenvalue weighted by Crippen LogP contribution is -2.34. The minimum atomic E-state index is -0.246. The van der Waals surface area contributed by atoms with E-state index in [9.17, 15) is 9.90 Å². The van der Waals surface area contributed by atoms with Gasteiger partial charge in [0.1, 0.15) is 12.4 Å². The fourth-order valence-corrected chi connectivity index (χ4v) is 3.25. The molecular weight excluding hydrogens is 340 g/mol. The number of benzene rings is 2. The van der Waals surface area contributed by atoms with Gasteiger partial charge in [0, 0.05) is 11.8 Å². The summed E-state index contributed by atoms with van der Waals surface area (Å²) in [7, 11) is 0. The topological polar surface area (TPSA) is 70.6 Å². The van der Waals surface area contributed by atoms with E-state index in [1.54, 1.807) is 18.2 Å². The van der Waals surface area contributed by atoms with Gasteiger partial charge in [0.15, 0.2) is 0 Å². The second kappa shape index (κ2) is 6.58. The molecule has 2 aromatic carbocycles. The maximum Gasteiger partial charge on any atom is 0.257 e. The first kappa shape index (κ1) is 16.2. The number of aliphatic hydroxyl groups excluding tert-OH is 1. The summed E-state index contributed by atoms with van der Waals surface area (Å²) in [5.74, 6) is 1.00. The van der Waals surface area contributed by atoms with Gasteiger partial charge in [-0.3, -0.25) is 4.79 Å². The fourth-order valence-electron chi connectivity index (χ4n) is 2.97. The zero-order valence-electron chi connectivity index (χ0n) is 13.6. The molecule has 1 heterocycles. The molecule has 2 aromatic rings. The number of aliphatic hydroxyl groups is 1. The van der Waals surface area contributed by atoms with Crippen LogP contribution in [0.4, 0.5) is 11.4 Å². The summed E-state index contributed by atoms with van der Waals surface area (Å²) in [6.07, 6.45) is 2.39. The van der Waals surface area contributed by atoms with Gasteiger partial charge in [-0.15, -0.1) is 0 Å². The van der Waals surface area contributed by atoms with Gasteiger partial charge in [-0.25, -0.2) is 0 Å². The molecule has 130 valence electrons. The zero-order valence-corrected chi connectivity index (χ0v) is 14.3. The molecule has 1 fully saturated rings. The van der Waals surface area contributed by atoms with Crippen molar-refractivity contribution in [3.63, 3.8) is 0 Å². The maximum atomic E-state index is 12.5. The number of amides is 1. The second-order valence-corrected chi connectivity index (χ2v) is 6.92. The van der Waals surface area contributed by atoms with E-state index in [1.165, 1.54) is 18.4 Å². The Balaban J connectivity index is 1.49. The number of carbonyl (C=O) groups is 1. The van der Waals surface area contributed by atoms with E-state index in [1.807, 2.05) is 18.2 Å². The zero-order chi connectivity index (χ0) is 17.4. The van der Waals surface area contributed by atoms with Crippen LogP contribution in [-0.4, -0.2) is 30.3 Å². The van der Waals surface area contributed by atoms with Crippen LogP contribution < -0.4 is 15.4 Å². The molecule has 5 nitrogen and oxygen atoms in total. The first-order valence-corrected chi connectivity index (χ1v) is 8.77. The molecule has 1 aliphatic carbocycles. The predicted octanol–water partition coefficient (Wildman–Crippen LogP) is 3.63. The van der Waals surface area contributed by atoms with Crippen LogP contribution in [0, 0.1) is 0 Å². The Bertz CT molecular complexity index is 820. The minimum Gasteiger partial charge on any atom is -0.489 e. The number of rotatable bonds is 4. The maximum absolute atomic E-state index is 12.5. The number of ether oxygens (including phenoxy) is 1. The Morgan fingerprint density at radius 3 is 2.84 bits per heavy atom. The summed E-state index contributed by atoms with van der Waals surface area (Å²) in [6, 6.07) is 10.9. The molecule has 0 saturated heterocycles. The highest BCUT2D eigenvalue weighted by atomic mass is 35.5. The molecular formula is C19H19ClN2O3. The van der Waals surface area contributed by atoms with Crippen molar-refractivity contribution in [2.24, 2.45) is 0 Å². The first-order chi connectivity index (χ1) is 12.1. The highest BCUT2D eigenvalue weighted by molar-refractivity contribution is 6.34. The third-order valence-electron chi connectivity index (χ3n) is 4.55. The molecule has 1 aliphatic heterocycles. The number of hydrogen-bond donors (Lipinski definition) is 3. The average molecular weight is 359 g/mol. The van der Waals surface area contributed by atoms with Crippen molar-refractivity contribution in [2.45, 2.75) is 24.8 Å². The number of halogens is 1. The van der Waals surface area contributed by atoms with Crippen LogP contribution >= 0.6 is 11.6 Å². The Labute approximate surface area is 151 Å². The fraction of sp³-hybridized carbons (Fsp3) is 0.316. The van der Waals surface area contributed by atoms with E-state index >= 15 is 0 Å². The van der Waals surface area contributed by atoms with E-state index in [2.05, 4.69) is 10.6 Å². The SMILES string of the molecule is O=C(Nc1ccc2c(c1)OCC(CO)N2)c1ccc(C2CC2)cc1Cl. The lowest BCUT2D eigenvalue weighted by Gasteiger charge is -2.26. The Hall–Kier alpha value is -2.24. The van der Waals surface area contributed by atoms with Crippen LogP contribution in [0.2, 0.25) is 5.02 Å². The van der Waals surface area contributed by atoms with Crippen molar-refractivity contribution >= 4 is 28.9 Å². The van der Waals surface area contributed by atoms with Crippen LogP contribution in [0.25, 0.3) is 0 Å². The molecule has 4 rings (SSSR count). The number of carbonyl (C=O) groups excluding carboxylic acids is 1. The van der Waals surface area contributed by atoms with Crippen molar-refractivity contribution in [2.75, 3.05) is 23.8 Å². The Morgan fingerprint density at radius 1 is 1.28 bits per heavy atom. The van der Waals surface area contributed by atoms with Gasteiger partial charge in [-0.1, -0.05) is 17.7 Å². The molecule has 6 heteroatoms. The van der Waals surface area contributed by atoms with Gasteiger partial charge < -0.3 is 20.5 Å². The van der Waals surface area contributed by atoms with Gasteiger partial charge in [0.2, 0.25) is 0 Å². The summed E-state index contributed by atoms with van der Waals surface area (Å²) in [6.45, 7) is 0.392. The van der Waals surface area contributed by atoms with Crippen molar-refractivity contribution < 1.29 is 14.6 Å². The standard InChI is InChI=1S/C19H19ClN2O3/c20-16-7-12(11-1-2-11)3-5-15(16)19(24)22-13-4-6-17-18(8-13)25-10-14(9-23)21-17/h3-8,11,14,21,23H,1-2,9-10H2,(H,22,24). The number of anilines is 2. The van der Waals surface area contributed by atoms with Crippen molar-refractivity contribution in [1.29, 1.82) is 0 Å². The van der Waals surface area contributed by atoms with E-state index in [0.29, 0.717) is 34.5 Å². The lowest BCUT2D eigenvalue weighted by atomic mass is 10.1. The van der Waals surface area contributed by atoms with Gasteiger partial charge in [-0.2, -0.15) is 0 Å². The van der Waals surface area contributed by atoms with Gasteiger partial charge in [0.25, 0.3) is 5.91 Å². The summed E-state index contributed by atoms with van der Waals surface area (Å²) >= 11 is 6.29. The minimum absolute atomic E-state index is 0.00722. The monoisotopic (exact) mass is 358 g/mol. The van der Waals surface area contributed by atoms with Gasteiger partial charge in [0.05, 0.1) is 28.9 Å². The van der Waals surface area contributed by atoms with Crippen molar-refractivity contribution in [3.8, 4) is 5.75 Å². The summed E-state index contributed by atoms with van der Waals surface area (Å²) in [5.41, 5.74) is 3.10. The third-order valence-corrected chi connectivity index (χ3v) is 4.86. The molecule has 1 atom stereocenters. The van der Waals surface area contributed by atoms with E-state index < -0.39 is 0 Å². The highest BCUT2D eigenvalue weighted by Crippen LogP contribution is 2.41. The smallest absolute Gasteiger partial charge is 0.257 e. The normalized spacial score (nSPS) is 18.7. The molecule has 1 saturated carbocycles. The highest BCUT2D eigenvalue weighted by Gasteiger charge is 2.25. The number of nitrogens with one attached hydrogen (secondary N) is 2. The molecule has 0 radical (unpaired) electrons. The molecule has 2 aliphatic rings. The molecule has 3 N–H and O–H groups in total. The third kappa shape index (κ3) is 3.43. The van der Waals surface area contributed by atoms with Crippen LogP contribution in [0.1, 0.15) is 34.7 Å². The first-order valence-electron chi connectivity index (χ1n) is 8.39. The number of hydrogen-bond acceptors (Lipinski definition) is 4. The largest absolute Gasteiger partial charge is 0.489 e. The van der Waals surface area contributed by atoms with Crippen LogP contribution in [-0.2, 0) is 0 Å². The average Bonchev–Trinajstić information content (AvgIpc) is 3.46. The summed E-state index contributed by atoms with van der Waals surface area (Å²) in [4.78, 5) is 12.5. The Morgan fingerprint density at radius 2 is 2.12 bits per heavy atom. The van der Waals surface area contributed by atoms with Crippen LogP contribution in [0.5, 0.6) is 5.75 Å². The molecule has 25 heavy (non-hydrogen) atoms. The quantitative estimate of drug-likeness (QED) is 0.780. The molecule has 1 amide bonds. The van der Waals surface area contributed by atoms with Gasteiger partial charge >= 0.3 is 0 Å². The van der Waals surface area contributed by atoms with Crippen LogP contribution in [0.3, 0.4) is 0 Å². The number of fused-ring (bicyclic) bond motifs is 1. The second-order valence-electron chi connectivity index (χ2n) is 6.51. The molecule has 1 unspecified atom stereocenters. The predicted molar refractivity (Wildman–Crippen MR) is 97.8 cm³/mol. The van der Waals surface area contributed by atoms with Gasteiger partial charge in [-0.05, 0) is 48.6 Å². The van der Waals surface area contributed by atoms with Crippen molar-refractivity contribution in [3.05, 3.63) is 52.5 Å².